The van der Waals surface area contributed by atoms with E-state index in [1.54, 1.807) is 23.1 Å². The minimum atomic E-state index is -0.440. The van der Waals surface area contributed by atoms with Crippen molar-refractivity contribution in [1.29, 1.82) is 0 Å². The van der Waals surface area contributed by atoms with Crippen LogP contribution in [-0.2, 0) is 6.54 Å². The summed E-state index contributed by atoms with van der Waals surface area (Å²) >= 11 is 0. The number of urea groups is 1. The highest BCUT2D eigenvalue weighted by Crippen LogP contribution is 2.20. The number of carbonyl (C=O) groups is 1. The average Bonchev–Trinajstić information content (AvgIpc) is 2.47. The van der Waals surface area contributed by atoms with Crippen molar-refractivity contribution < 1.29 is 9.18 Å². The first-order valence-corrected chi connectivity index (χ1v) is 7.25. The fourth-order valence-electron chi connectivity index (χ4n) is 2.12. The van der Waals surface area contributed by atoms with Crippen LogP contribution in [0.3, 0.4) is 0 Å². The summed E-state index contributed by atoms with van der Waals surface area (Å²) in [5.41, 5.74) is 0.835. The molecule has 22 heavy (non-hydrogen) atoms. The molecule has 4 heteroatoms. The van der Waals surface area contributed by atoms with Crippen LogP contribution < -0.4 is 5.32 Å². The van der Waals surface area contributed by atoms with E-state index in [0.29, 0.717) is 6.54 Å². The lowest BCUT2D eigenvalue weighted by Crippen LogP contribution is -2.47. The van der Waals surface area contributed by atoms with Crippen molar-refractivity contribution in [2.24, 2.45) is 0 Å². The van der Waals surface area contributed by atoms with Crippen LogP contribution in [0.5, 0.6) is 0 Å². The molecule has 0 saturated heterocycles. The molecule has 0 aliphatic rings. The maximum atomic E-state index is 13.7. The standard InChI is InChI=1S/C18H21FN2O/c1-18(2,3)21(13-14-9-5-4-6-10-14)17(22)20-16-12-8-7-11-15(16)19/h4-12H,13H2,1-3H3,(H,20,22). The lowest BCUT2D eigenvalue weighted by atomic mass is 10.1. The van der Waals surface area contributed by atoms with Gasteiger partial charge >= 0.3 is 6.03 Å². The Labute approximate surface area is 130 Å². The maximum absolute atomic E-state index is 13.7. The van der Waals surface area contributed by atoms with Crippen LogP contribution in [0.25, 0.3) is 0 Å². The van der Waals surface area contributed by atoms with Gasteiger partial charge < -0.3 is 10.2 Å². The molecule has 2 aromatic carbocycles. The zero-order chi connectivity index (χ0) is 16.2. The molecule has 0 fully saturated rings. The van der Waals surface area contributed by atoms with Gasteiger partial charge in [-0.2, -0.15) is 0 Å². The summed E-state index contributed by atoms with van der Waals surface area (Å²) in [7, 11) is 0. The van der Waals surface area contributed by atoms with E-state index in [-0.39, 0.29) is 17.3 Å². The number of nitrogens with one attached hydrogen (secondary N) is 1. The van der Waals surface area contributed by atoms with Crippen molar-refractivity contribution in [2.45, 2.75) is 32.9 Å². The number of nitrogens with zero attached hydrogens (tertiary/aromatic N) is 1. The number of halogens is 1. The molecule has 116 valence electrons. The zero-order valence-corrected chi connectivity index (χ0v) is 13.1. The van der Waals surface area contributed by atoms with E-state index >= 15 is 0 Å². The summed E-state index contributed by atoms with van der Waals surface area (Å²) in [5, 5.41) is 2.65. The second-order valence-corrected chi connectivity index (χ2v) is 6.15. The second-order valence-electron chi connectivity index (χ2n) is 6.15. The largest absolute Gasteiger partial charge is 0.322 e. The number of rotatable bonds is 3. The highest BCUT2D eigenvalue weighted by Gasteiger charge is 2.27. The molecular weight excluding hydrogens is 279 g/mol. The fourth-order valence-corrected chi connectivity index (χ4v) is 2.12. The molecule has 0 radical (unpaired) electrons. The van der Waals surface area contributed by atoms with E-state index < -0.39 is 5.82 Å². The summed E-state index contributed by atoms with van der Waals surface area (Å²) in [5.74, 6) is -0.440. The molecule has 0 saturated carbocycles. The molecule has 0 unspecified atom stereocenters. The molecule has 0 bridgehead atoms. The number of benzene rings is 2. The summed E-state index contributed by atoms with van der Waals surface area (Å²) in [4.78, 5) is 14.3. The van der Waals surface area contributed by atoms with Gasteiger partial charge in [-0.25, -0.2) is 9.18 Å². The van der Waals surface area contributed by atoms with Crippen molar-refractivity contribution in [3.8, 4) is 0 Å². The second kappa shape index (κ2) is 6.60. The van der Waals surface area contributed by atoms with Crippen LogP contribution in [-0.4, -0.2) is 16.5 Å². The van der Waals surface area contributed by atoms with Gasteiger partial charge in [0.1, 0.15) is 5.82 Å². The van der Waals surface area contributed by atoms with Gasteiger partial charge in [0, 0.05) is 12.1 Å². The van der Waals surface area contributed by atoms with Crippen molar-refractivity contribution in [1.82, 2.24) is 4.90 Å². The molecule has 2 amide bonds. The maximum Gasteiger partial charge on any atom is 0.322 e. The van der Waals surface area contributed by atoms with Gasteiger partial charge in [0.25, 0.3) is 0 Å². The summed E-state index contributed by atoms with van der Waals surface area (Å²) in [6, 6.07) is 15.6. The SMILES string of the molecule is CC(C)(C)N(Cc1ccccc1)C(=O)Nc1ccccc1F. The van der Waals surface area contributed by atoms with Gasteiger partial charge in [-0.3, -0.25) is 0 Å². The van der Waals surface area contributed by atoms with Crippen molar-refractivity contribution in [2.75, 3.05) is 5.32 Å². The highest BCUT2D eigenvalue weighted by atomic mass is 19.1. The fraction of sp³-hybridized carbons (Fsp3) is 0.278. The first kappa shape index (κ1) is 16.0. The van der Waals surface area contributed by atoms with Crippen LogP contribution in [0.1, 0.15) is 26.3 Å². The minimum Gasteiger partial charge on any atom is -0.315 e. The predicted octanol–water partition coefficient (Wildman–Crippen LogP) is 4.66. The van der Waals surface area contributed by atoms with Gasteiger partial charge in [0.2, 0.25) is 0 Å². The van der Waals surface area contributed by atoms with E-state index in [4.69, 9.17) is 0 Å². The Morgan fingerprint density at radius 3 is 2.23 bits per heavy atom. The van der Waals surface area contributed by atoms with Crippen LogP contribution in [0.4, 0.5) is 14.9 Å². The van der Waals surface area contributed by atoms with E-state index in [0.717, 1.165) is 5.56 Å². The van der Waals surface area contributed by atoms with Crippen molar-refractivity contribution in [3.05, 3.63) is 66.0 Å². The summed E-state index contributed by atoms with van der Waals surface area (Å²) in [6.07, 6.45) is 0. The number of anilines is 1. The lowest BCUT2D eigenvalue weighted by Gasteiger charge is -2.35. The summed E-state index contributed by atoms with van der Waals surface area (Å²) < 4.78 is 13.7. The van der Waals surface area contributed by atoms with Crippen LogP contribution in [0, 0.1) is 5.82 Å². The topological polar surface area (TPSA) is 32.3 Å². The quantitative estimate of drug-likeness (QED) is 0.878. The molecule has 0 atom stereocenters. The van der Waals surface area contributed by atoms with Gasteiger partial charge in [-0.05, 0) is 38.5 Å². The van der Waals surface area contributed by atoms with E-state index in [2.05, 4.69) is 5.32 Å². The Kier molecular flexibility index (Phi) is 4.81. The molecule has 0 aliphatic heterocycles. The predicted molar refractivity (Wildman–Crippen MR) is 87.2 cm³/mol. The molecule has 2 rings (SSSR count). The molecular formula is C18H21FN2O. The minimum absolute atomic E-state index is 0.190. The molecule has 0 aliphatic carbocycles. The van der Waals surface area contributed by atoms with Crippen LogP contribution in [0.2, 0.25) is 0 Å². The van der Waals surface area contributed by atoms with Gasteiger partial charge in [-0.1, -0.05) is 42.5 Å². The Morgan fingerprint density at radius 2 is 1.64 bits per heavy atom. The number of amides is 2. The summed E-state index contributed by atoms with van der Waals surface area (Å²) in [6.45, 7) is 6.33. The highest BCUT2D eigenvalue weighted by molar-refractivity contribution is 5.89. The lowest BCUT2D eigenvalue weighted by molar-refractivity contribution is 0.151. The average molecular weight is 300 g/mol. The van der Waals surface area contributed by atoms with Crippen molar-refractivity contribution in [3.63, 3.8) is 0 Å². The molecule has 0 aromatic heterocycles. The zero-order valence-electron chi connectivity index (χ0n) is 13.1. The first-order valence-electron chi connectivity index (χ1n) is 7.25. The van der Waals surface area contributed by atoms with Crippen LogP contribution >= 0.6 is 0 Å². The molecule has 0 spiro atoms. The van der Waals surface area contributed by atoms with Gasteiger partial charge in [0.15, 0.2) is 0 Å². The number of hydrogen-bond acceptors (Lipinski definition) is 1. The normalized spacial score (nSPS) is 11.1. The third-order valence-corrected chi connectivity index (χ3v) is 3.35. The molecule has 0 heterocycles. The Hall–Kier alpha value is -2.36. The Balaban J connectivity index is 2.19. The van der Waals surface area contributed by atoms with E-state index in [1.165, 1.54) is 6.07 Å². The van der Waals surface area contributed by atoms with E-state index in [1.807, 2.05) is 51.1 Å². The molecule has 1 N–H and O–H groups in total. The molecule has 2 aromatic rings. The third kappa shape index (κ3) is 4.07. The smallest absolute Gasteiger partial charge is 0.315 e. The first-order chi connectivity index (χ1) is 10.4. The van der Waals surface area contributed by atoms with E-state index in [9.17, 15) is 9.18 Å². The number of carbonyl (C=O) groups excluding carboxylic acids is 1. The van der Waals surface area contributed by atoms with Gasteiger partial charge in [0.05, 0.1) is 5.69 Å². The number of hydrogen-bond donors (Lipinski definition) is 1. The van der Waals surface area contributed by atoms with Crippen LogP contribution in [0.15, 0.2) is 54.6 Å². The molecule has 3 nitrogen and oxygen atoms in total. The third-order valence-electron chi connectivity index (χ3n) is 3.35. The Bertz CT molecular complexity index is 635. The number of para-hydroxylation sites is 1. The Morgan fingerprint density at radius 1 is 1.05 bits per heavy atom. The monoisotopic (exact) mass is 300 g/mol. The van der Waals surface area contributed by atoms with Crippen molar-refractivity contribution >= 4 is 11.7 Å². The van der Waals surface area contributed by atoms with Gasteiger partial charge in [-0.15, -0.1) is 0 Å².